The zero-order valence-corrected chi connectivity index (χ0v) is 14.3. The highest BCUT2D eigenvalue weighted by Gasteiger charge is 2.36. The predicted molar refractivity (Wildman–Crippen MR) is 92.0 cm³/mol. The van der Waals surface area contributed by atoms with E-state index in [-0.39, 0.29) is 12.6 Å². The first-order valence-electron chi connectivity index (χ1n) is 8.68. The molecule has 1 aliphatic heterocycles. The largest absolute Gasteiger partial charge is 0.462 e. The lowest BCUT2D eigenvalue weighted by Crippen LogP contribution is -2.24. The molecule has 7 heteroatoms. The zero-order valence-electron chi connectivity index (χ0n) is 14.3. The fraction of sp³-hybridized carbons (Fsp3) is 0.368. The van der Waals surface area contributed by atoms with Crippen LogP contribution in [0, 0.1) is 0 Å². The van der Waals surface area contributed by atoms with Crippen LogP contribution >= 0.6 is 0 Å². The summed E-state index contributed by atoms with van der Waals surface area (Å²) in [6.45, 7) is 0.896. The van der Waals surface area contributed by atoms with Gasteiger partial charge in [-0.25, -0.2) is 0 Å². The number of aliphatic hydroxyl groups excluding tert-OH is 2. The van der Waals surface area contributed by atoms with Gasteiger partial charge in [0.25, 0.3) is 0 Å². The standard InChI is InChI=1S/C19H21N3O4/c23-12-16-7-6-15(25-16)11-22-10-14(24)9-17(22)19-20-18(21-26-19)8-13-4-2-1-3-5-13/h1-7,14,17,23-24H,8-12H2. The van der Waals surface area contributed by atoms with Gasteiger partial charge >= 0.3 is 0 Å². The van der Waals surface area contributed by atoms with Gasteiger partial charge in [-0.2, -0.15) is 4.98 Å². The molecule has 3 aromatic rings. The number of benzene rings is 1. The molecule has 2 unspecified atom stereocenters. The Balaban J connectivity index is 1.48. The van der Waals surface area contributed by atoms with Crippen LogP contribution in [-0.2, 0) is 19.6 Å². The predicted octanol–water partition coefficient (Wildman–Crippen LogP) is 2.05. The Hall–Kier alpha value is -2.48. The molecule has 1 aromatic carbocycles. The van der Waals surface area contributed by atoms with Gasteiger partial charge in [-0.1, -0.05) is 35.5 Å². The summed E-state index contributed by atoms with van der Waals surface area (Å²) >= 11 is 0. The van der Waals surface area contributed by atoms with Gasteiger partial charge in [-0.3, -0.25) is 4.90 Å². The molecule has 2 atom stereocenters. The Labute approximate surface area is 150 Å². The summed E-state index contributed by atoms with van der Waals surface area (Å²) in [6.07, 6.45) is 0.704. The van der Waals surface area contributed by atoms with Crippen LogP contribution in [0.25, 0.3) is 0 Å². The highest BCUT2D eigenvalue weighted by atomic mass is 16.5. The summed E-state index contributed by atoms with van der Waals surface area (Å²) in [4.78, 5) is 6.59. The lowest BCUT2D eigenvalue weighted by Gasteiger charge is -2.19. The van der Waals surface area contributed by atoms with Crippen molar-refractivity contribution in [1.29, 1.82) is 0 Å². The summed E-state index contributed by atoms with van der Waals surface area (Å²) in [7, 11) is 0. The topological polar surface area (TPSA) is 95.8 Å². The van der Waals surface area contributed by atoms with Crippen LogP contribution in [-0.4, -0.2) is 37.9 Å². The molecule has 0 aliphatic carbocycles. The molecule has 0 bridgehead atoms. The summed E-state index contributed by atoms with van der Waals surface area (Å²) in [5, 5.41) is 23.3. The molecule has 4 rings (SSSR count). The molecule has 0 spiro atoms. The molecule has 0 radical (unpaired) electrons. The van der Waals surface area contributed by atoms with Crippen molar-refractivity contribution in [1.82, 2.24) is 15.0 Å². The van der Waals surface area contributed by atoms with E-state index < -0.39 is 6.10 Å². The Kier molecular flexibility index (Phi) is 4.83. The van der Waals surface area contributed by atoms with Crippen molar-refractivity contribution in [3.63, 3.8) is 0 Å². The molecule has 7 nitrogen and oxygen atoms in total. The first kappa shape index (κ1) is 17.0. The monoisotopic (exact) mass is 355 g/mol. The van der Waals surface area contributed by atoms with Gasteiger partial charge in [0.2, 0.25) is 5.89 Å². The second-order valence-corrected chi connectivity index (χ2v) is 6.57. The van der Waals surface area contributed by atoms with Crippen molar-refractivity contribution >= 4 is 0 Å². The summed E-state index contributed by atoms with van der Waals surface area (Å²) in [5.74, 6) is 2.41. The first-order chi connectivity index (χ1) is 12.7. The molecule has 0 saturated carbocycles. The van der Waals surface area contributed by atoms with Crippen LogP contribution in [0.4, 0.5) is 0 Å². The SMILES string of the molecule is OCc1ccc(CN2CC(O)CC2c2nc(Cc3ccccc3)no2)o1. The van der Waals surface area contributed by atoms with Crippen LogP contribution in [0.15, 0.2) is 51.4 Å². The lowest BCUT2D eigenvalue weighted by molar-refractivity contribution is 0.160. The third kappa shape index (κ3) is 3.70. The normalized spacial score (nSPS) is 20.7. The summed E-state index contributed by atoms with van der Waals surface area (Å²) in [6, 6.07) is 13.4. The minimum atomic E-state index is -0.447. The van der Waals surface area contributed by atoms with Crippen molar-refractivity contribution in [2.75, 3.05) is 6.54 Å². The van der Waals surface area contributed by atoms with Crippen LogP contribution in [0.1, 0.15) is 41.3 Å². The molecule has 1 saturated heterocycles. The molecule has 0 amide bonds. The number of hydrogen-bond acceptors (Lipinski definition) is 7. The number of likely N-dealkylation sites (tertiary alicyclic amines) is 1. The zero-order chi connectivity index (χ0) is 17.9. The van der Waals surface area contributed by atoms with Crippen molar-refractivity contribution in [3.8, 4) is 0 Å². The average molecular weight is 355 g/mol. The summed E-state index contributed by atoms with van der Waals surface area (Å²) in [5.41, 5.74) is 1.12. The second-order valence-electron chi connectivity index (χ2n) is 6.57. The summed E-state index contributed by atoms with van der Waals surface area (Å²) < 4.78 is 11.0. The smallest absolute Gasteiger partial charge is 0.244 e. The highest BCUT2D eigenvalue weighted by Crippen LogP contribution is 2.33. The van der Waals surface area contributed by atoms with Crippen LogP contribution in [0.2, 0.25) is 0 Å². The van der Waals surface area contributed by atoms with Crippen molar-refractivity contribution in [2.45, 2.75) is 38.1 Å². The molecule has 3 heterocycles. The van der Waals surface area contributed by atoms with Gasteiger partial charge in [-0.15, -0.1) is 0 Å². The minimum Gasteiger partial charge on any atom is -0.462 e. The number of aromatic nitrogens is 2. The van der Waals surface area contributed by atoms with Crippen molar-refractivity contribution in [3.05, 3.63) is 71.3 Å². The first-order valence-corrected chi connectivity index (χ1v) is 8.68. The number of aliphatic hydroxyl groups is 2. The van der Waals surface area contributed by atoms with E-state index in [4.69, 9.17) is 14.0 Å². The van der Waals surface area contributed by atoms with Crippen molar-refractivity contribution in [2.24, 2.45) is 0 Å². The molecule has 1 fully saturated rings. The third-order valence-corrected chi connectivity index (χ3v) is 4.59. The van der Waals surface area contributed by atoms with Gasteiger partial charge in [0, 0.05) is 13.0 Å². The molecular formula is C19H21N3O4. The van der Waals surface area contributed by atoms with E-state index >= 15 is 0 Å². The molecule has 26 heavy (non-hydrogen) atoms. The Morgan fingerprint density at radius 3 is 2.69 bits per heavy atom. The van der Waals surface area contributed by atoms with Gasteiger partial charge in [0.1, 0.15) is 18.1 Å². The number of hydrogen-bond donors (Lipinski definition) is 2. The van der Waals surface area contributed by atoms with Crippen LogP contribution < -0.4 is 0 Å². The number of β-amino-alcohol motifs (C(OH)–C–C–N with tert-alkyl or cyclic N) is 1. The van der Waals surface area contributed by atoms with Gasteiger partial charge in [-0.05, 0) is 24.1 Å². The molecule has 1 aliphatic rings. The molecule has 2 aromatic heterocycles. The Morgan fingerprint density at radius 1 is 1.12 bits per heavy atom. The molecular weight excluding hydrogens is 334 g/mol. The van der Waals surface area contributed by atoms with E-state index in [9.17, 15) is 5.11 Å². The van der Waals surface area contributed by atoms with Gasteiger partial charge < -0.3 is 19.2 Å². The maximum atomic E-state index is 10.1. The second kappa shape index (κ2) is 7.41. The van der Waals surface area contributed by atoms with Gasteiger partial charge in [0.15, 0.2) is 5.82 Å². The van der Waals surface area contributed by atoms with E-state index in [1.807, 2.05) is 36.4 Å². The van der Waals surface area contributed by atoms with Crippen LogP contribution in [0.3, 0.4) is 0 Å². The van der Waals surface area contributed by atoms with E-state index in [2.05, 4.69) is 15.0 Å². The van der Waals surface area contributed by atoms with E-state index in [1.165, 1.54) is 0 Å². The lowest BCUT2D eigenvalue weighted by atomic mass is 10.1. The maximum absolute atomic E-state index is 10.1. The van der Waals surface area contributed by atoms with Crippen LogP contribution in [0.5, 0.6) is 0 Å². The fourth-order valence-corrected chi connectivity index (χ4v) is 3.36. The van der Waals surface area contributed by atoms with E-state index in [1.54, 1.807) is 6.07 Å². The Bertz CT molecular complexity index is 845. The average Bonchev–Trinajstić information content (AvgIpc) is 3.36. The molecule has 136 valence electrons. The van der Waals surface area contributed by atoms with Crippen molar-refractivity contribution < 1.29 is 19.2 Å². The maximum Gasteiger partial charge on any atom is 0.244 e. The quantitative estimate of drug-likeness (QED) is 0.698. The fourth-order valence-electron chi connectivity index (χ4n) is 3.36. The number of nitrogens with zero attached hydrogens (tertiary/aromatic N) is 3. The minimum absolute atomic E-state index is 0.126. The highest BCUT2D eigenvalue weighted by molar-refractivity contribution is 5.18. The van der Waals surface area contributed by atoms with E-state index in [0.29, 0.717) is 43.4 Å². The van der Waals surface area contributed by atoms with Gasteiger partial charge in [0.05, 0.1) is 18.7 Å². The Morgan fingerprint density at radius 2 is 1.92 bits per heavy atom. The number of rotatable bonds is 6. The molecule has 2 N–H and O–H groups in total. The van der Waals surface area contributed by atoms with E-state index in [0.717, 1.165) is 11.3 Å². The number of furan rings is 1. The third-order valence-electron chi connectivity index (χ3n) is 4.59.